The molecule has 0 atom stereocenters. The van der Waals surface area contributed by atoms with Crippen molar-refractivity contribution < 1.29 is 18.9 Å². The standard InChI is InChI=1S/2C15H13NO2S/c2*1-17-10-7-8-11(13(9-10)18-2)15-16-12-5-3-4-6-14(12)19-15/h2*3-9H,1-2H3. The second kappa shape index (κ2) is 11.5. The SMILES string of the molecule is COc1ccc(-c2nc3ccccc3s2)c(OC)c1.COc1ccc(-c2nc3ccccc3s2)c(OC)c1. The Morgan fingerprint density at radius 2 is 0.921 bits per heavy atom. The summed E-state index contributed by atoms with van der Waals surface area (Å²) in [5.41, 5.74) is 4.01. The minimum absolute atomic E-state index is 0.776. The average molecular weight is 543 g/mol. The van der Waals surface area contributed by atoms with Crippen LogP contribution in [0.1, 0.15) is 0 Å². The lowest BCUT2D eigenvalue weighted by Crippen LogP contribution is -1.89. The number of hydrogen-bond donors (Lipinski definition) is 0. The van der Waals surface area contributed by atoms with Gasteiger partial charge >= 0.3 is 0 Å². The summed E-state index contributed by atoms with van der Waals surface area (Å²) in [6.45, 7) is 0. The van der Waals surface area contributed by atoms with E-state index in [9.17, 15) is 0 Å². The lowest BCUT2D eigenvalue weighted by molar-refractivity contribution is 0.395. The minimum atomic E-state index is 0.776. The van der Waals surface area contributed by atoms with Crippen LogP contribution in [-0.2, 0) is 0 Å². The van der Waals surface area contributed by atoms with Gasteiger partial charge in [0.1, 0.15) is 33.0 Å². The molecule has 0 aliphatic heterocycles. The molecule has 6 rings (SSSR count). The summed E-state index contributed by atoms with van der Waals surface area (Å²) in [6, 6.07) is 27.8. The first-order chi connectivity index (χ1) is 18.6. The predicted molar refractivity (Wildman–Crippen MR) is 156 cm³/mol. The number of ether oxygens (including phenoxy) is 4. The number of thiazole rings is 2. The summed E-state index contributed by atoms with van der Waals surface area (Å²) in [7, 11) is 6.61. The zero-order valence-electron chi connectivity index (χ0n) is 21.4. The van der Waals surface area contributed by atoms with Crippen molar-refractivity contribution >= 4 is 43.1 Å². The van der Waals surface area contributed by atoms with Crippen LogP contribution in [0.5, 0.6) is 23.0 Å². The van der Waals surface area contributed by atoms with Crippen molar-refractivity contribution in [3.05, 3.63) is 84.9 Å². The summed E-state index contributed by atoms with van der Waals surface area (Å²) >= 11 is 3.32. The molecule has 0 spiro atoms. The molecule has 0 bridgehead atoms. The summed E-state index contributed by atoms with van der Waals surface area (Å²) in [6.07, 6.45) is 0. The molecule has 8 heteroatoms. The molecule has 0 unspecified atom stereocenters. The molecule has 38 heavy (non-hydrogen) atoms. The smallest absolute Gasteiger partial charge is 0.132 e. The molecule has 0 N–H and O–H groups in total. The van der Waals surface area contributed by atoms with Crippen LogP contribution in [0.2, 0.25) is 0 Å². The largest absolute Gasteiger partial charge is 0.497 e. The van der Waals surface area contributed by atoms with Gasteiger partial charge in [0.15, 0.2) is 0 Å². The van der Waals surface area contributed by atoms with Crippen LogP contribution in [-0.4, -0.2) is 38.4 Å². The van der Waals surface area contributed by atoms with Crippen molar-refractivity contribution in [3.8, 4) is 44.1 Å². The van der Waals surface area contributed by atoms with Crippen molar-refractivity contribution in [2.75, 3.05) is 28.4 Å². The number of benzene rings is 4. The maximum atomic E-state index is 5.42. The highest BCUT2D eigenvalue weighted by atomic mass is 32.1. The highest BCUT2D eigenvalue weighted by Crippen LogP contribution is 2.38. The third kappa shape index (κ3) is 5.27. The van der Waals surface area contributed by atoms with E-state index in [0.717, 1.165) is 55.2 Å². The molecule has 0 saturated heterocycles. The Kier molecular flexibility index (Phi) is 7.72. The van der Waals surface area contributed by atoms with E-state index >= 15 is 0 Å². The molecular formula is C30H26N2O4S2. The van der Waals surface area contributed by atoms with Crippen molar-refractivity contribution in [1.82, 2.24) is 9.97 Å². The lowest BCUT2D eigenvalue weighted by atomic mass is 10.2. The number of aromatic nitrogens is 2. The van der Waals surface area contributed by atoms with Gasteiger partial charge in [0.25, 0.3) is 0 Å². The number of nitrogens with zero attached hydrogens (tertiary/aromatic N) is 2. The van der Waals surface area contributed by atoms with Gasteiger partial charge in [-0.05, 0) is 48.5 Å². The van der Waals surface area contributed by atoms with E-state index in [1.54, 1.807) is 51.1 Å². The molecule has 0 aliphatic carbocycles. The zero-order valence-corrected chi connectivity index (χ0v) is 23.1. The molecular weight excluding hydrogens is 516 g/mol. The Labute approximate surface area is 229 Å². The van der Waals surface area contributed by atoms with E-state index in [2.05, 4.69) is 22.1 Å². The van der Waals surface area contributed by atoms with Crippen LogP contribution in [0.15, 0.2) is 84.9 Å². The minimum Gasteiger partial charge on any atom is -0.497 e. The first-order valence-corrected chi connectivity index (χ1v) is 13.4. The first kappa shape index (κ1) is 25.5. The third-order valence-corrected chi connectivity index (χ3v) is 8.01. The second-order valence-electron chi connectivity index (χ2n) is 8.11. The molecule has 0 radical (unpaired) electrons. The molecule has 6 nitrogen and oxygen atoms in total. The summed E-state index contributed by atoms with van der Waals surface area (Å²) in [4.78, 5) is 9.29. The number of hydrogen-bond acceptors (Lipinski definition) is 8. The number of para-hydroxylation sites is 2. The van der Waals surface area contributed by atoms with Gasteiger partial charge in [0, 0.05) is 12.1 Å². The Bertz CT molecular complexity index is 1500. The second-order valence-corrected chi connectivity index (χ2v) is 10.2. The molecule has 2 aromatic heterocycles. The fourth-order valence-corrected chi connectivity index (χ4v) is 5.92. The van der Waals surface area contributed by atoms with E-state index < -0.39 is 0 Å². The van der Waals surface area contributed by atoms with E-state index in [1.807, 2.05) is 72.8 Å². The van der Waals surface area contributed by atoms with Gasteiger partial charge in [-0.15, -0.1) is 22.7 Å². The van der Waals surface area contributed by atoms with Gasteiger partial charge in [0.2, 0.25) is 0 Å². The van der Waals surface area contributed by atoms with Crippen molar-refractivity contribution in [1.29, 1.82) is 0 Å². The Balaban J connectivity index is 0.000000155. The molecule has 0 fully saturated rings. The fraction of sp³-hybridized carbons (Fsp3) is 0.133. The fourth-order valence-electron chi connectivity index (χ4n) is 3.93. The van der Waals surface area contributed by atoms with Crippen molar-refractivity contribution in [2.45, 2.75) is 0 Å². The zero-order chi connectivity index (χ0) is 26.5. The van der Waals surface area contributed by atoms with E-state index in [0.29, 0.717) is 0 Å². The lowest BCUT2D eigenvalue weighted by Gasteiger charge is -2.07. The van der Waals surface area contributed by atoms with Crippen LogP contribution >= 0.6 is 22.7 Å². The molecule has 4 aromatic carbocycles. The van der Waals surface area contributed by atoms with E-state index in [1.165, 1.54) is 9.40 Å². The molecule has 192 valence electrons. The van der Waals surface area contributed by atoms with Crippen LogP contribution in [0.25, 0.3) is 41.6 Å². The summed E-state index contributed by atoms with van der Waals surface area (Å²) < 4.78 is 23.6. The quantitative estimate of drug-likeness (QED) is 0.213. The maximum Gasteiger partial charge on any atom is 0.132 e. The van der Waals surface area contributed by atoms with Crippen LogP contribution in [0.3, 0.4) is 0 Å². The van der Waals surface area contributed by atoms with Gasteiger partial charge < -0.3 is 18.9 Å². The molecule has 0 amide bonds. The predicted octanol–water partition coefficient (Wildman–Crippen LogP) is 7.96. The topological polar surface area (TPSA) is 62.7 Å². The Hall–Kier alpha value is -4.14. The average Bonchev–Trinajstić information content (AvgIpc) is 3.61. The van der Waals surface area contributed by atoms with Crippen LogP contribution in [0, 0.1) is 0 Å². The van der Waals surface area contributed by atoms with Gasteiger partial charge in [-0.25, -0.2) is 9.97 Å². The van der Waals surface area contributed by atoms with E-state index in [-0.39, 0.29) is 0 Å². The molecule has 6 aromatic rings. The monoisotopic (exact) mass is 542 g/mol. The number of rotatable bonds is 6. The van der Waals surface area contributed by atoms with Gasteiger partial charge in [-0.1, -0.05) is 24.3 Å². The van der Waals surface area contributed by atoms with Crippen LogP contribution in [0.4, 0.5) is 0 Å². The number of fused-ring (bicyclic) bond motifs is 2. The third-order valence-electron chi connectivity index (χ3n) is 5.87. The molecule has 0 saturated carbocycles. The Morgan fingerprint density at radius 1 is 0.500 bits per heavy atom. The van der Waals surface area contributed by atoms with Crippen molar-refractivity contribution in [3.63, 3.8) is 0 Å². The normalized spacial score (nSPS) is 10.6. The summed E-state index contributed by atoms with van der Waals surface area (Å²) in [5.74, 6) is 3.11. The van der Waals surface area contributed by atoms with Gasteiger partial charge in [0.05, 0.1) is 60.0 Å². The Morgan fingerprint density at radius 3 is 1.29 bits per heavy atom. The summed E-state index contributed by atoms with van der Waals surface area (Å²) in [5, 5.41) is 1.92. The highest BCUT2D eigenvalue weighted by Gasteiger charge is 2.13. The molecule has 2 heterocycles. The maximum absolute atomic E-state index is 5.42. The van der Waals surface area contributed by atoms with Gasteiger partial charge in [-0.2, -0.15) is 0 Å². The van der Waals surface area contributed by atoms with E-state index in [4.69, 9.17) is 18.9 Å². The number of methoxy groups -OCH3 is 4. The van der Waals surface area contributed by atoms with Crippen molar-refractivity contribution in [2.24, 2.45) is 0 Å². The first-order valence-electron chi connectivity index (χ1n) is 11.8. The van der Waals surface area contributed by atoms with Crippen LogP contribution < -0.4 is 18.9 Å². The highest BCUT2D eigenvalue weighted by molar-refractivity contribution is 7.22. The molecule has 0 aliphatic rings. The van der Waals surface area contributed by atoms with Gasteiger partial charge in [-0.3, -0.25) is 0 Å².